The van der Waals surface area contributed by atoms with Crippen molar-refractivity contribution >= 4 is 11.8 Å². The molecule has 29 heavy (non-hydrogen) atoms. The minimum atomic E-state index is -0.368. The summed E-state index contributed by atoms with van der Waals surface area (Å²) in [5.74, 6) is 1.20. The van der Waals surface area contributed by atoms with Crippen LogP contribution in [0.4, 0.5) is 4.39 Å². The average Bonchev–Trinajstić information content (AvgIpc) is 3.16. The highest BCUT2D eigenvalue weighted by molar-refractivity contribution is 7.98. The van der Waals surface area contributed by atoms with Gasteiger partial charge in [-0.15, -0.1) is 10.2 Å². The molecule has 146 valence electrons. The van der Waals surface area contributed by atoms with Gasteiger partial charge in [0.1, 0.15) is 0 Å². The van der Waals surface area contributed by atoms with Crippen LogP contribution in [-0.2, 0) is 12.3 Å². The molecule has 0 spiro atoms. The number of pyridine rings is 1. The van der Waals surface area contributed by atoms with Gasteiger partial charge in [0.05, 0.1) is 13.7 Å². The van der Waals surface area contributed by atoms with E-state index in [-0.39, 0.29) is 11.6 Å². The zero-order valence-corrected chi connectivity index (χ0v) is 16.6. The van der Waals surface area contributed by atoms with Gasteiger partial charge < -0.3 is 4.74 Å². The van der Waals surface area contributed by atoms with Crippen molar-refractivity contribution in [1.82, 2.24) is 19.7 Å². The fourth-order valence-corrected chi connectivity index (χ4v) is 3.84. The molecule has 0 saturated carbocycles. The van der Waals surface area contributed by atoms with Crippen LogP contribution in [0.3, 0.4) is 0 Å². The predicted molar refractivity (Wildman–Crippen MR) is 111 cm³/mol. The number of hydrogen-bond acceptors (Lipinski definition) is 5. The summed E-state index contributed by atoms with van der Waals surface area (Å²) in [4.78, 5) is 4.20. The second kappa shape index (κ2) is 8.87. The van der Waals surface area contributed by atoms with E-state index in [0.29, 0.717) is 12.3 Å². The van der Waals surface area contributed by atoms with Crippen LogP contribution in [0.15, 0.2) is 78.2 Å². The Hall–Kier alpha value is -3.19. The Kier molecular flexibility index (Phi) is 5.86. The van der Waals surface area contributed by atoms with E-state index < -0.39 is 0 Å². The molecule has 0 fully saturated rings. The van der Waals surface area contributed by atoms with Crippen LogP contribution in [0.2, 0.25) is 0 Å². The topological polar surface area (TPSA) is 52.8 Å². The standard InChI is InChI=1S/C22H19FN4OS/c1-28-20-10-9-17(12-19(20)23)15-29-22-26-25-21(18-8-5-11-24-13-18)27(22)14-16-6-3-2-4-7-16/h2-13H,14-15H2,1H3. The van der Waals surface area contributed by atoms with Crippen molar-refractivity contribution in [2.45, 2.75) is 17.5 Å². The van der Waals surface area contributed by atoms with E-state index in [1.54, 1.807) is 18.5 Å². The lowest BCUT2D eigenvalue weighted by Gasteiger charge is -2.11. The van der Waals surface area contributed by atoms with E-state index in [1.165, 1.54) is 24.9 Å². The lowest BCUT2D eigenvalue weighted by Crippen LogP contribution is -2.04. The molecule has 0 unspecified atom stereocenters. The fraction of sp³-hybridized carbons (Fsp3) is 0.136. The third kappa shape index (κ3) is 4.46. The van der Waals surface area contributed by atoms with E-state index >= 15 is 0 Å². The molecule has 0 atom stereocenters. The summed E-state index contributed by atoms with van der Waals surface area (Å²) < 4.78 is 21.0. The Morgan fingerprint density at radius 3 is 2.59 bits per heavy atom. The maximum absolute atomic E-state index is 14.0. The van der Waals surface area contributed by atoms with Gasteiger partial charge >= 0.3 is 0 Å². The number of thioether (sulfide) groups is 1. The van der Waals surface area contributed by atoms with Crippen LogP contribution in [0.1, 0.15) is 11.1 Å². The average molecular weight is 406 g/mol. The Labute approximate surface area is 172 Å². The lowest BCUT2D eigenvalue weighted by molar-refractivity contribution is 0.386. The minimum Gasteiger partial charge on any atom is -0.494 e. The van der Waals surface area contributed by atoms with Gasteiger partial charge in [0.2, 0.25) is 0 Å². The van der Waals surface area contributed by atoms with Crippen LogP contribution in [0, 0.1) is 5.82 Å². The monoisotopic (exact) mass is 406 g/mol. The van der Waals surface area contributed by atoms with E-state index in [0.717, 1.165) is 27.7 Å². The summed E-state index contributed by atoms with van der Waals surface area (Å²) >= 11 is 1.52. The largest absolute Gasteiger partial charge is 0.494 e. The number of benzene rings is 2. The molecule has 4 rings (SSSR count). The molecule has 5 nitrogen and oxygen atoms in total. The van der Waals surface area contributed by atoms with Crippen molar-refractivity contribution in [3.8, 4) is 17.1 Å². The van der Waals surface area contributed by atoms with Crippen LogP contribution >= 0.6 is 11.8 Å². The van der Waals surface area contributed by atoms with Gasteiger partial charge in [0.25, 0.3) is 0 Å². The van der Waals surface area contributed by atoms with Gasteiger partial charge in [-0.3, -0.25) is 9.55 Å². The van der Waals surface area contributed by atoms with Crippen molar-refractivity contribution < 1.29 is 9.13 Å². The Bertz CT molecular complexity index is 1090. The number of nitrogens with zero attached hydrogens (tertiary/aromatic N) is 4. The number of rotatable bonds is 7. The highest BCUT2D eigenvalue weighted by Crippen LogP contribution is 2.28. The zero-order chi connectivity index (χ0) is 20.1. The maximum atomic E-state index is 14.0. The van der Waals surface area contributed by atoms with Crippen molar-refractivity contribution in [1.29, 1.82) is 0 Å². The Balaban J connectivity index is 1.62. The number of methoxy groups -OCH3 is 1. The molecular weight excluding hydrogens is 387 g/mol. The van der Waals surface area contributed by atoms with E-state index in [2.05, 4.69) is 31.9 Å². The highest BCUT2D eigenvalue weighted by atomic mass is 32.2. The first kappa shape index (κ1) is 19.1. The first-order valence-electron chi connectivity index (χ1n) is 9.07. The van der Waals surface area contributed by atoms with Crippen LogP contribution in [0.5, 0.6) is 5.75 Å². The highest BCUT2D eigenvalue weighted by Gasteiger charge is 2.15. The number of aromatic nitrogens is 4. The molecule has 0 bridgehead atoms. The number of halogens is 1. The number of hydrogen-bond donors (Lipinski definition) is 0. The molecule has 2 aromatic heterocycles. The maximum Gasteiger partial charge on any atom is 0.192 e. The molecule has 0 aliphatic rings. The quantitative estimate of drug-likeness (QED) is 0.412. The van der Waals surface area contributed by atoms with Crippen molar-refractivity contribution in [2.75, 3.05) is 7.11 Å². The van der Waals surface area contributed by atoms with E-state index in [4.69, 9.17) is 4.74 Å². The molecule has 2 aromatic carbocycles. The first-order valence-corrected chi connectivity index (χ1v) is 10.1. The predicted octanol–water partition coefficient (Wildman–Crippen LogP) is 4.83. The molecule has 0 aliphatic heterocycles. The smallest absolute Gasteiger partial charge is 0.192 e. The molecular formula is C22H19FN4OS. The second-order valence-corrected chi connectivity index (χ2v) is 7.32. The zero-order valence-electron chi connectivity index (χ0n) is 15.8. The minimum absolute atomic E-state index is 0.241. The van der Waals surface area contributed by atoms with Crippen molar-refractivity contribution in [2.24, 2.45) is 0 Å². The first-order chi connectivity index (χ1) is 14.2. The third-order valence-electron chi connectivity index (χ3n) is 4.40. The Morgan fingerprint density at radius 1 is 1.00 bits per heavy atom. The normalized spacial score (nSPS) is 10.8. The van der Waals surface area contributed by atoms with Crippen molar-refractivity contribution in [3.05, 3.63) is 90.0 Å². The lowest BCUT2D eigenvalue weighted by atomic mass is 10.2. The molecule has 0 amide bonds. The van der Waals surface area contributed by atoms with Gasteiger partial charge in [0, 0.05) is 23.7 Å². The van der Waals surface area contributed by atoms with Gasteiger partial charge in [-0.2, -0.15) is 0 Å². The van der Waals surface area contributed by atoms with Crippen molar-refractivity contribution in [3.63, 3.8) is 0 Å². The SMILES string of the molecule is COc1ccc(CSc2nnc(-c3cccnc3)n2Cc2ccccc2)cc1F. The van der Waals surface area contributed by atoms with E-state index in [9.17, 15) is 4.39 Å². The summed E-state index contributed by atoms with van der Waals surface area (Å²) in [5.41, 5.74) is 2.90. The van der Waals surface area contributed by atoms with Crippen LogP contribution in [0.25, 0.3) is 11.4 Å². The molecule has 7 heteroatoms. The summed E-state index contributed by atoms with van der Waals surface area (Å²) in [6, 6.07) is 19.0. The van der Waals surface area contributed by atoms with Gasteiger partial charge in [-0.25, -0.2) is 4.39 Å². The molecule has 0 aliphatic carbocycles. The third-order valence-corrected chi connectivity index (χ3v) is 5.44. The molecule has 0 saturated heterocycles. The molecule has 0 radical (unpaired) electrons. The Morgan fingerprint density at radius 2 is 1.86 bits per heavy atom. The van der Waals surface area contributed by atoms with Gasteiger partial charge in [-0.1, -0.05) is 48.2 Å². The fourth-order valence-electron chi connectivity index (χ4n) is 2.96. The summed E-state index contributed by atoms with van der Waals surface area (Å²) in [6.45, 7) is 0.636. The number of ether oxygens (including phenoxy) is 1. The summed E-state index contributed by atoms with van der Waals surface area (Å²) in [7, 11) is 1.46. The second-order valence-electron chi connectivity index (χ2n) is 6.38. The van der Waals surface area contributed by atoms with Gasteiger partial charge in [-0.05, 0) is 35.4 Å². The van der Waals surface area contributed by atoms with Crippen LogP contribution < -0.4 is 4.74 Å². The molecule has 2 heterocycles. The van der Waals surface area contributed by atoms with Gasteiger partial charge in [0.15, 0.2) is 22.5 Å². The van der Waals surface area contributed by atoms with Crippen LogP contribution in [-0.4, -0.2) is 26.9 Å². The summed E-state index contributed by atoms with van der Waals surface area (Å²) in [5, 5.41) is 9.55. The molecule has 0 N–H and O–H groups in total. The molecule has 4 aromatic rings. The summed E-state index contributed by atoms with van der Waals surface area (Å²) in [6.07, 6.45) is 3.51. The van der Waals surface area contributed by atoms with E-state index in [1.807, 2.05) is 36.4 Å².